The lowest BCUT2D eigenvalue weighted by atomic mass is 10.2. The Hall–Kier alpha value is -2.89. The molecule has 0 radical (unpaired) electrons. The van der Waals surface area contributed by atoms with Crippen LogP contribution in [0.3, 0.4) is 0 Å². The van der Waals surface area contributed by atoms with Gasteiger partial charge in [0.15, 0.2) is 0 Å². The Morgan fingerprint density at radius 2 is 1.79 bits per heavy atom. The van der Waals surface area contributed by atoms with E-state index in [-0.39, 0.29) is 24.6 Å². The smallest absolute Gasteiger partial charge is 0.257 e. The Bertz CT molecular complexity index is 734. The summed E-state index contributed by atoms with van der Waals surface area (Å²) >= 11 is 0. The van der Waals surface area contributed by atoms with Gasteiger partial charge in [-0.1, -0.05) is 24.3 Å². The molecule has 0 aliphatic rings. The number of nitrogens with one attached hydrogen (secondary N) is 1. The van der Waals surface area contributed by atoms with Crippen LogP contribution in [0.15, 0.2) is 48.5 Å². The number of halogens is 1. The zero-order valence-corrected chi connectivity index (χ0v) is 13.6. The molecular weight excluding hydrogens is 311 g/mol. The van der Waals surface area contributed by atoms with Crippen molar-refractivity contribution in [1.82, 2.24) is 4.90 Å². The van der Waals surface area contributed by atoms with Crippen molar-refractivity contribution >= 4 is 17.5 Å². The number of benzene rings is 2. The van der Waals surface area contributed by atoms with Crippen molar-refractivity contribution in [2.75, 3.05) is 25.5 Å². The van der Waals surface area contributed by atoms with E-state index in [0.717, 1.165) is 0 Å². The summed E-state index contributed by atoms with van der Waals surface area (Å²) in [6.45, 7) is 1.84. The third-order valence-corrected chi connectivity index (χ3v) is 3.49. The number of methoxy groups -OCH3 is 1. The Kier molecular flexibility index (Phi) is 5.89. The number of amides is 2. The number of nitrogens with zero attached hydrogens (tertiary/aromatic N) is 1. The minimum absolute atomic E-state index is 0.0514. The Labute approximate surface area is 140 Å². The van der Waals surface area contributed by atoms with Crippen LogP contribution in [0.5, 0.6) is 5.75 Å². The summed E-state index contributed by atoms with van der Waals surface area (Å²) in [5, 5.41) is 2.70. The quantitative estimate of drug-likeness (QED) is 0.886. The van der Waals surface area contributed by atoms with Crippen LogP contribution < -0.4 is 10.1 Å². The normalized spacial score (nSPS) is 10.1. The third-order valence-electron chi connectivity index (χ3n) is 3.49. The summed E-state index contributed by atoms with van der Waals surface area (Å²) in [5.74, 6) is -0.989. The number of carbonyl (C=O) groups is 2. The van der Waals surface area contributed by atoms with Gasteiger partial charge in [0, 0.05) is 6.54 Å². The molecule has 0 aliphatic carbocycles. The highest BCUT2D eigenvalue weighted by Gasteiger charge is 2.20. The topological polar surface area (TPSA) is 58.6 Å². The minimum Gasteiger partial charge on any atom is -0.495 e. The molecule has 2 rings (SSSR count). The molecule has 2 amide bonds. The van der Waals surface area contributed by atoms with E-state index in [9.17, 15) is 14.0 Å². The molecule has 0 saturated heterocycles. The number of ether oxygens (including phenoxy) is 1. The summed E-state index contributed by atoms with van der Waals surface area (Å²) < 4.78 is 18.9. The van der Waals surface area contributed by atoms with Gasteiger partial charge in [-0.15, -0.1) is 0 Å². The summed E-state index contributed by atoms with van der Waals surface area (Å²) in [4.78, 5) is 25.9. The van der Waals surface area contributed by atoms with Crippen molar-refractivity contribution < 1.29 is 18.7 Å². The van der Waals surface area contributed by atoms with E-state index in [1.807, 2.05) is 0 Å². The first-order chi connectivity index (χ1) is 11.6. The van der Waals surface area contributed by atoms with Crippen LogP contribution >= 0.6 is 0 Å². The summed E-state index contributed by atoms with van der Waals surface area (Å²) in [6.07, 6.45) is 0. The molecule has 0 aromatic heterocycles. The SMILES string of the molecule is CCN(CC(=O)Nc1ccccc1OC)C(=O)c1ccccc1F. The molecule has 5 nitrogen and oxygen atoms in total. The van der Waals surface area contributed by atoms with Gasteiger partial charge in [0.1, 0.15) is 18.1 Å². The van der Waals surface area contributed by atoms with Gasteiger partial charge in [-0.3, -0.25) is 9.59 Å². The maximum absolute atomic E-state index is 13.8. The first-order valence-electron chi connectivity index (χ1n) is 7.53. The summed E-state index contributed by atoms with van der Waals surface area (Å²) in [5.41, 5.74) is 0.462. The molecule has 2 aromatic rings. The first kappa shape index (κ1) is 17.5. The van der Waals surface area contributed by atoms with Gasteiger partial charge in [0.2, 0.25) is 5.91 Å². The average molecular weight is 330 g/mol. The van der Waals surface area contributed by atoms with Crippen LogP contribution in [-0.4, -0.2) is 36.9 Å². The van der Waals surface area contributed by atoms with Crippen molar-refractivity contribution in [3.63, 3.8) is 0 Å². The van der Waals surface area contributed by atoms with Crippen LogP contribution in [0.4, 0.5) is 10.1 Å². The maximum atomic E-state index is 13.8. The minimum atomic E-state index is -0.605. The molecule has 0 heterocycles. The molecule has 0 bridgehead atoms. The van der Waals surface area contributed by atoms with Gasteiger partial charge in [0.05, 0.1) is 18.4 Å². The third kappa shape index (κ3) is 4.10. The van der Waals surface area contributed by atoms with E-state index < -0.39 is 11.7 Å². The van der Waals surface area contributed by atoms with Gasteiger partial charge in [-0.25, -0.2) is 4.39 Å². The second kappa shape index (κ2) is 8.10. The van der Waals surface area contributed by atoms with Gasteiger partial charge in [0.25, 0.3) is 5.91 Å². The molecule has 0 atom stereocenters. The lowest BCUT2D eigenvalue weighted by molar-refractivity contribution is -0.116. The number of hydrogen-bond acceptors (Lipinski definition) is 3. The van der Waals surface area contributed by atoms with Gasteiger partial charge >= 0.3 is 0 Å². The van der Waals surface area contributed by atoms with Crippen LogP contribution in [-0.2, 0) is 4.79 Å². The lowest BCUT2D eigenvalue weighted by Gasteiger charge is -2.21. The fourth-order valence-corrected chi connectivity index (χ4v) is 2.24. The van der Waals surface area contributed by atoms with Crippen LogP contribution in [0.1, 0.15) is 17.3 Å². The lowest BCUT2D eigenvalue weighted by Crippen LogP contribution is -2.38. The predicted molar refractivity (Wildman–Crippen MR) is 89.6 cm³/mol. The average Bonchev–Trinajstić information content (AvgIpc) is 2.60. The molecule has 2 aromatic carbocycles. The van der Waals surface area contributed by atoms with Crippen LogP contribution in [0.25, 0.3) is 0 Å². The van der Waals surface area contributed by atoms with Gasteiger partial charge < -0.3 is 15.0 Å². The molecule has 1 N–H and O–H groups in total. The van der Waals surface area contributed by atoms with E-state index in [2.05, 4.69) is 5.32 Å². The Morgan fingerprint density at radius 1 is 1.12 bits per heavy atom. The van der Waals surface area contributed by atoms with E-state index in [0.29, 0.717) is 11.4 Å². The molecule has 24 heavy (non-hydrogen) atoms. The highest BCUT2D eigenvalue weighted by atomic mass is 19.1. The number of anilines is 1. The van der Waals surface area contributed by atoms with E-state index >= 15 is 0 Å². The molecule has 0 aliphatic heterocycles. The summed E-state index contributed by atoms with van der Waals surface area (Å²) in [6, 6.07) is 12.7. The van der Waals surface area contributed by atoms with Crippen molar-refractivity contribution in [3.05, 3.63) is 59.9 Å². The molecular formula is C18H19FN2O3. The monoisotopic (exact) mass is 330 g/mol. The zero-order chi connectivity index (χ0) is 17.5. The van der Waals surface area contributed by atoms with E-state index in [4.69, 9.17) is 4.74 Å². The first-order valence-corrected chi connectivity index (χ1v) is 7.53. The number of para-hydroxylation sites is 2. The highest BCUT2D eigenvalue weighted by molar-refractivity contribution is 6.00. The fourth-order valence-electron chi connectivity index (χ4n) is 2.24. The van der Waals surface area contributed by atoms with Crippen molar-refractivity contribution in [3.8, 4) is 5.75 Å². The fraction of sp³-hybridized carbons (Fsp3) is 0.222. The second-order valence-corrected chi connectivity index (χ2v) is 5.05. The zero-order valence-electron chi connectivity index (χ0n) is 13.6. The van der Waals surface area contributed by atoms with Crippen molar-refractivity contribution in [1.29, 1.82) is 0 Å². The van der Waals surface area contributed by atoms with E-state index in [1.165, 1.54) is 30.2 Å². The van der Waals surface area contributed by atoms with Gasteiger partial charge in [-0.05, 0) is 31.2 Å². The molecule has 0 fully saturated rings. The largest absolute Gasteiger partial charge is 0.495 e. The second-order valence-electron chi connectivity index (χ2n) is 5.05. The Morgan fingerprint density at radius 3 is 2.46 bits per heavy atom. The number of hydrogen-bond donors (Lipinski definition) is 1. The molecule has 0 spiro atoms. The highest BCUT2D eigenvalue weighted by Crippen LogP contribution is 2.22. The predicted octanol–water partition coefficient (Wildman–Crippen LogP) is 2.94. The maximum Gasteiger partial charge on any atom is 0.257 e. The number of carbonyl (C=O) groups excluding carboxylic acids is 2. The molecule has 126 valence electrons. The van der Waals surface area contributed by atoms with Gasteiger partial charge in [-0.2, -0.15) is 0 Å². The molecule has 0 unspecified atom stereocenters. The summed E-state index contributed by atoms with van der Waals surface area (Å²) in [7, 11) is 1.51. The van der Waals surface area contributed by atoms with E-state index in [1.54, 1.807) is 37.3 Å². The van der Waals surface area contributed by atoms with Crippen LogP contribution in [0.2, 0.25) is 0 Å². The number of likely N-dealkylation sites (N-methyl/N-ethyl adjacent to an activating group) is 1. The standard InChI is InChI=1S/C18H19FN2O3/c1-3-21(18(23)13-8-4-5-9-14(13)19)12-17(22)20-15-10-6-7-11-16(15)24-2/h4-11H,3,12H2,1-2H3,(H,20,22). The molecule has 0 saturated carbocycles. The van der Waals surface area contributed by atoms with Crippen LogP contribution in [0, 0.1) is 5.82 Å². The molecule has 6 heteroatoms. The van der Waals surface area contributed by atoms with Crippen molar-refractivity contribution in [2.45, 2.75) is 6.92 Å². The Balaban J connectivity index is 2.08. The van der Waals surface area contributed by atoms with Crippen molar-refractivity contribution in [2.24, 2.45) is 0 Å². The number of rotatable bonds is 6.